The Morgan fingerprint density at radius 2 is 2.08 bits per heavy atom. The number of hydrogen-bond donors (Lipinski definition) is 0. The molecule has 6 heteroatoms. The van der Waals surface area contributed by atoms with Gasteiger partial charge in [-0.05, 0) is 25.5 Å². The van der Waals surface area contributed by atoms with E-state index in [9.17, 15) is 14.4 Å². The van der Waals surface area contributed by atoms with Gasteiger partial charge in [0.05, 0.1) is 16.8 Å². The van der Waals surface area contributed by atoms with E-state index in [1.807, 2.05) is 24.3 Å². The summed E-state index contributed by atoms with van der Waals surface area (Å²) in [7, 11) is 0. The van der Waals surface area contributed by atoms with Gasteiger partial charge in [0, 0.05) is 6.42 Å². The maximum atomic E-state index is 12.5. The maximum Gasteiger partial charge on any atom is 0.320 e. The Labute approximate surface area is 150 Å². The van der Waals surface area contributed by atoms with Crippen LogP contribution in [0.4, 0.5) is 0 Å². The average Bonchev–Trinajstić information content (AvgIpc) is 3.06. The van der Waals surface area contributed by atoms with Crippen molar-refractivity contribution in [3.63, 3.8) is 0 Å². The second kappa shape index (κ2) is 7.12. The molecule has 0 radical (unpaired) electrons. The van der Waals surface area contributed by atoms with Crippen molar-refractivity contribution in [1.82, 2.24) is 4.57 Å². The standard InChI is InChI=1S/C19H23NO4S/c1-3-4-7-10-19(13(2)21)11-14(24-17(19)22)12-20-15-8-5-6-9-16(15)25-18(20)23/h5-6,8-9,14H,3-4,7,10-12H2,1-2H3. The second-order valence-corrected chi connectivity index (χ2v) is 7.77. The summed E-state index contributed by atoms with van der Waals surface area (Å²) in [6.45, 7) is 3.86. The van der Waals surface area contributed by atoms with Gasteiger partial charge in [-0.25, -0.2) is 0 Å². The SMILES string of the molecule is CCCCCC1(C(C)=O)CC(Cn2c(=O)sc3ccccc32)OC1=O. The summed E-state index contributed by atoms with van der Waals surface area (Å²) in [5, 5.41) is 0. The molecule has 2 heterocycles. The molecule has 1 saturated heterocycles. The lowest BCUT2D eigenvalue weighted by atomic mass is 9.76. The van der Waals surface area contributed by atoms with Gasteiger partial charge in [0.25, 0.3) is 0 Å². The number of carbonyl (C=O) groups is 2. The minimum atomic E-state index is -1.03. The van der Waals surface area contributed by atoms with Crippen LogP contribution in [0.15, 0.2) is 29.1 Å². The minimum absolute atomic E-state index is 0.0662. The summed E-state index contributed by atoms with van der Waals surface area (Å²) < 4.78 is 8.10. The molecule has 0 saturated carbocycles. The fourth-order valence-corrected chi connectivity index (χ4v) is 4.52. The van der Waals surface area contributed by atoms with Crippen LogP contribution in [-0.2, 0) is 20.9 Å². The molecule has 1 fully saturated rings. The molecule has 1 aromatic heterocycles. The van der Waals surface area contributed by atoms with Crippen LogP contribution in [0, 0.1) is 5.41 Å². The summed E-state index contributed by atoms with van der Waals surface area (Å²) in [4.78, 5) is 36.9. The van der Waals surface area contributed by atoms with Gasteiger partial charge in [-0.3, -0.25) is 19.0 Å². The van der Waals surface area contributed by atoms with Gasteiger partial charge in [0.15, 0.2) is 0 Å². The van der Waals surface area contributed by atoms with E-state index in [4.69, 9.17) is 4.74 Å². The van der Waals surface area contributed by atoms with Gasteiger partial charge in [0.1, 0.15) is 17.3 Å². The van der Waals surface area contributed by atoms with Crippen LogP contribution in [0.25, 0.3) is 10.2 Å². The van der Waals surface area contributed by atoms with E-state index >= 15 is 0 Å². The van der Waals surface area contributed by atoms with Gasteiger partial charge in [-0.15, -0.1) is 0 Å². The van der Waals surface area contributed by atoms with E-state index in [0.717, 1.165) is 29.5 Å². The van der Waals surface area contributed by atoms with Crippen molar-refractivity contribution >= 4 is 33.3 Å². The summed E-state index contributed by atoms with van der Waals surface area (Å²) in [6, 6.07) is 7.58. The highest BCUT2D eigenvalue weighted by atomic mass is 32.1. The number of ketones is 1. The minimum Gasteiger partial charge on any atom is -0.460 e. The van der Waals surface area contributed by atoms with Crippen molar-refractivity contribution in [3.8, 4) is 0 Å². The van der Waals surface area contributed by atoms with Crippen LogP contribution in [-0.4, -0.2) is 22.4 Å². The summed E-state index contributed by atoms with van der Waals surface area (Å²) in [6.07, 6.45) is 3.31. The number of cyclic esters (lactones) is 1. The number of rotatable bonds is 7. The predicted octanol–water partition coefficient (Wildman–Crippen LogP) is 3.53. The lowest BCUT2D eigenvalue weighted by molar-refractivity contribution is -0.153. The zero-order chi connectivity index (χ0) is 18.0. The summed E-state index contributed by atoms with van der Waals surface area (Å²) >= 11 is 1.19. The molecule has 0 amide bonds. The van der Waals surface area contributed by atoms with Crippen LogP contribution in [0.2, 0.25) is 0 Å². The Bertz CT molecular complexity index is 852. The van der Waals surface area contributed by atoms with Crippen molar-refractivity contribution in [3.05, 3.63) is 33.9 Å². The number of unbranched alkanes of at least 4 members (excludes halogenated alkanes) is 2. The number of hydrogen-bond acceptors (Lipinski definition) is 5. The number of para-hydroxylation sites is 1. The Morgan fingerprint density at radius 1 is 1.32 bits per heavy atom. The number of aromatic nitrogens is 1. The zero-order valence-electron chi connectivity index (χ0n) is 14.6. The number of ether oxygens (including phenoxy) is 1. The van der Waals surface area contributed by atoms with Gasteiger partial charge >= 0.3 is 10.8 Å². The van der Waals surface area contributed by atoms with Gasteiger partial charge in [-0.1, -0.05) is 49.7 Å². The first-order valence-electron chi connectivity index (χ1n) is 8.78. The first-order chi connectivity index (χ1) is 12.0. The smallest absolute Gasteiger partial charge is 0.320 e. The van der Waals surface area contributed by atoms with Crippen LogP contribution < -0.4 is 4.87 Å². The molecule has 0 spiro atoms. The van der Waals surface area contributed by atoms with E-state index in [1.54, 1.807) is 4.57 Å². The molecule has 2 unspecified atom stereocenters. The lowest BCUT2D eigenvalue weighted by Gasteiger charge is -2.21. The highest BCUT2D eigenvalue weighted by Gasteiger charge is 2.52. The van der Waals surface area contributed by atoms with Crippen molar-refractivity contribution in [2.45, 2.75) is 58.6 Å². The van der Waals surface area contributed by atoms with Gasteiger partial charge in [0.2, 0.25) is 0 Å². The van der Waals surface area contributed by atoms with Crippen molar-refractivity contribution in [1.29, 1.82) is 0 Å². The zero-order valence-corrected chi connectivity index (χ0v) is 15.4. The number of esters is 1. The highest BCUT2D eigenvalue weighted by Crippen LogP contribution is 2.40. The fraction of sp³-hybridized carbons (Fsp3) is 0.526. The first kappa shape index (κ1) is 17.9. The van der Waals surface area contributed by atoms with Crippen molar-refractivity contribution in [2.24, 2.45) is 5.41 Å². The first-order valence-corrected chi connectivity index (χ1v) is 9.60. The molecule has 2 aromatic rings. The molecule has 1 aliphatic heterocycles. The molecule has 0 aliphatic carbocycles. The van der Waals surface area contributed by atoms with E-state index in [2.05, 4.69) is 6.92 Å². The Balaban J connectivity index is 1.82. The van der Waals surface area contributed by atoms with Gasteiger partial charge < -0.3 is 4.74 Å². The molecule has 134 valence electrons. The molecule has 25 heavy (non-hydrogen) atoms. The summed E-state index contributed by atoms with van der Waals surface area (Å²) in [5.41, 5.74) is -0.185. The second-order valence-electron chi connectivity index (χ2n) is 6.77. The van der Waals surface area contributed by atoms with Crippen LogP contribution in [0.5, 0.6) is 0 Å². The van der Waals surface area contributed by atoms with E-state index in [-0.39, 0.29) is 10.7 Å². The van der Waals surface area contributed by atoms with E-state index in [0.29, 0.717) is 19.4 Å². The monoisotopic (exact) mass is 361 g/mol. The molecule has 1 aliphatic rings. The van der Waals surface area contributed by atoms with Crippen molar-refractivity contribution < 1.29 is 14.3 Å². The molecule has 0 N–H and O–H groups in total. The molecular formula is C19H23NO4S. The summed E-state index contributed by atoms with van der Waals surface area (Å²) in [5.74, 6) is -0.549. The maximum absolute atomic E-state index is 12.5. The molecule has 1 aromatic carbocycles. The number of nitrogens with zero attached hydrogens (tertiary/aromatic N) is 1. The van der Waals surface area contributed by atoms with Crippen LogP contribution in [0.1, 0.15) is 46.0 Å². The third kappa shape index (κ3) is 3.27. The normalized spacial score (nSPS) is 23.1. The Hall–Kier alpha value is -1.95. The molecule has 5 nitrogen and oxygen atoms in total. The Kier molecular flexibility index (Phi) is 5.08. The number of thiazole rings is 1. The van der Waals surface area contributed by atoms with Gasteiger partial charge in [-0.2, -0.15) is 0 Å². The fourth-order valence-electron chi connectivity index (χ4n) is 3.61. The molecule has 0 bridgehead atoms. The molecule has 3 rings (SSSR count). The Morgan fingerprint density at radius 3 is 2.80 bits per heavy atom. The van der Waals surface area contributed by atoms with Crippen molar-refractivity contribution in [2.75, 3.05) is 0 Å². The van der Waals surface area contributed by atoms with E-state index in [1.165, 1.54) is 18.3 Å². The largest absolute Gasteiger partial charge is 0.460 e. The van der Waals surface area contributed by atoms with Crippen LogP contribution >= 0.6 is 11.3 Å². The molecule has 2 atom stereocenters. The van der Waals surface area contributed by atoms with Crippen LogP contribution in [0.3, 0.4) is 0 Å². The lowest BCUT2D eigenvalue weighted by Crippen LogP contribution is -2.34. The predicted molar refractivity (Wildman–Crippen MR) is 97.8 cm³/mol. The number of Topliss-reactive ketones (excluding diaryl/α,β-unsaturated/α-hetero) is 1. The molecular weight excluding hydrogens is 338 g/mol. The highest BCUT2D eigenvalue weighted by molar-refractivity contribution is 7.16. The van der Waals surface area contributed by atoms with E-state index < -0.39 is 17.5 Å². The third-order valence-electron chi connectivity index (χ3n) is 5.08. The number of fused-ring (bicyclic) bond motifs is 1. The number of carbonyl (C=O) groups excluding carboxylic acids is 2. The third-order valence-corrected chi connectivity index (χ3v) is 6.04. The number of benzene rings is 1. The quantitative estimate of drug-likeness (QED) is 0.430. The average molecular weight is 361 g/mol. The topological polar surface area (TPSA) is 65.4 Å².